The van der Waals surface area contributed by atoms with Crippen molar-refractivity contribution in [2.45, 2.75) is 6.92 Å². The largest absolute Gasteiger partial charge is 0.507 e. The minimum absolute atomic E-state index is 0.0411. The van der Waals surface area contributed by atoms with Crippen molar-refractivity contribution in [3.05, 3.63) is 78.5 Å². The summed E-state index contributed by atoms with van der Waals surface area (Å²) in [4.78, 5) is 12.3. The lowest BCUT2D eigenvalue weighted by atomic mass is 10.1. The van der Waals surface area contributed by atoms with Crippen LogP contribution in [0.4, 0.5) is 0 Å². The van der Waals surface area contributed by atoms with E-state index in [0.717, 1.165) is 10.8 Å². The molecule has 2 rings (SSSR count). The minimum Gasteiger partial charge on any atom is -0.507 e. The van der Waals surface area contributed by atoms with Crippen LogP contribution in [0.1, 0.15) is 17.3 Å². The molecule has 0 aliphatic rings. The molecule has 0 radical (unpaired) electrons. The molecule has 106 valence electrons. The van der Waals surface area contributed by atoms with Crippen molar-refractivity contribution in [1.29, 1.82) is 0 Å². The molecule has 0 aliphatic heterocycles. The normalized spacial score (nSPS) is 11.8. The summed E-state index contributed by atoms with van der Waals surface area (Å²) in [6.07, 6.45) is 6.94. The number of benzene rings is 2. The Morgan fingerprint density at radius 2 is 1.90 bits per heavy atom. The molecule has 2 aromatic carbocycles. The second-order valence-corrected chi connectivity index (χ2v) is 4.52. The van der Waals surface area contributed by atoms with E-state index in [2.05, 4.69) is 11.9 Å². The van der Waals surface area contributed by atoms with E-state index >= 15 is 0 Å². The highest BCUT2D eigenvalue weighted by Gasteiger charge is 2.12. The van der Waals surface area contributed by atoms with Crippen LogP contribution in [-0.2, 0) is 0 Å². The molecule has 3 heteroatoms. The molecule has 0 fully saturated rings. The molecular formula is C18H17NO2. The number of aromatic hydroxyl groups is 1. The van der Waals surface area contributed by atoms with Crippen LogP contribution >= 0.6 is 0 Å². The summed E-state index contributed by atoms with van der Waals surface area (Å²) in [5.41, 5.74) is 0.813. The minimum atomic E-state index is -0.367. The van der Waals surface area contributed by atoms with E-state index in [0.29, 0.717) is 5.70 Å². The number of carbonyl (C=O) groups is 1. The van der Waals surface area contributed by atoms with E-state index in [1.165, 1.54) is 0 Å². The Morgan fingerprint density at radius 3 is 2.52 bits per heavy atom. The average Bonchev–Trinajstić information content (AvgIpc) is 2.50. The smallest absolute Gasteiger partial charge is 0.259 e. The van der Waals surface area contributed by atoms with Gasteiger partial charge in [-0.25, -0.2) is 0 Å². The van der Waals surface area contributed by atoms with Crippen LogP contribution in [0.15, 0.2) is 73.0 Å². The first-order valence-corrected chi connectivity index (χ1v) is 6.64. The molecular weight excluding hydrogens is 262 g/mol. The van der Waals surface area contributed by atoms with Gasteiger partial charge in [-0.3, -0.25) is 4.79 Å². The summed E-state index contributed by atoms with van der Waals surface area (Å²) in [6, 6.07) is 10.8. The van der Waals surface area contributed by atoms with E-state index in [4.69, 9.17) is 0 Å². The first kappa shape index (κ1) is 14.6. The van der Waals surface area contributed by atoms with Crippen LogP contribution in [0.2, 0.25) is 0 Å². The fraction of sp³-hybridized carbons (Fsp3) is 0.0556. The first-order valence-electron chi connectivity index (χ1n) is 6.64. The van der Waals surface area contributed by atoms with Gasteiger partial charge >= 0.3 is 0 Å². The zero-order valence-corrected chi connectivity index (χ0v) is 11.8. The summed E-state index contributed by atoms with van der Waals surface area (Å²) >= 11 is 0. The lowest BCUT2D eigenvalue weighted by molar-refractivity contribution is 0.0964. The Bertz CT molecular complexity index is 742. The molecule has 0 atom stereocenters. The van der Waals surface area contributed by atoms with Gasteiger partial charge in [0.1, 0.15) is 5.75 Å². The van der Waals surface area contributed by atoms with Crippen molar-refractivity contribution in [2.24, 2.45) is 0 Å². The highest BCUT2D eigenvalue weighted by atomic mass is 16.3. The molecule has 0 saturated carbocycles. The van der Waals surface area contributed by atoms with Gasteiger partial charge in [0, 0.05) is 5.70 Å². The number of allylic oxidation sites excluding steroid dienone is 4. The quantitative estimate of drug-likeness (QED) is 0.833. The SMILES string of the molecule is C=C/C(=C\C=C/C)NC(=O)c1cc2ccccc2cc1O. The van der Waals surface area contributed by atoms with Gasteiger partial charge in [-0.1, -0.05) is 43.0 Å². The maximum Gasteiger partial charge on any atom is 0.259 e. The predicted molar refractivity (Wildman–Crippen MR) is 86.2 cm³/mol. The van der Waals surface area contributed by atoms with E-state index in [1.807, 2.05) is 37.3 Å². The molecule has 0 heterocycles. The first-order chi connectivity index (χ1) is 10.2. The number of phenolic OH excluding ortho intramolecular Hbond substituents is 1. The summed E-state index contributed by atoms with van der Waals surface area (Å²) in [5, 5.41) is 14.5. The average molecular weight is 279 g/mol. The maximum atomic E-state index is 12.3. The van der Waals surface area contributed by atoms with Crippen LogP contribution in [0.25, 0.3) is 10.8 Å². The van der Waals surface area contributed by atoms with Crippen molar-refractivity contribution < 1.29 is 9.90 Å². The van der Waals surface area contributed by atoms with E-state index in [9.17, 15) is 9.90 Å². The predicted octanol–water partition coefficient (Wildman–Crippen LogP) is 3.92. The third-order valence-corrected chi connectivity index (χ3v) is 3.05. The van der Waals surface area contributed by atoms with E-state index in [-0.39, 0.29) is 17.2 Å². The third-order valence-electron chi connectivity index (χ3n) is 3.05. The Kier molecular flexibility index (Phi) is 4.57. The lowest BCUT2D eigenvalue weighted by Gasteiger charge is -2.08. The van der Waals surface area contributed by atoms with Crippen molar-refractivity contribution in [3.63, 3.8) is 0 Å². The molecule has 1 amide bonds. The number of nitrogens with one attached hydrogen (secondary N) is 1. The molecule has 0 aromatic heterocycles. The molecule has 21 heavy (non-hydrogen) atoms. The number of fused-ring (bicyclic) bond motifs is 1. The van der Waals surface area contributed by atoms with Gasteiger partial charge in [0.05, 0.1) is 5.56 Å². The van der Waals surface area contributed by atoms with E-state index < -0.39 is 0 Å². The molecule has 0 bridgehead atoms. The highest BCUT2D eigenvalue weighted by molar-refractivity contribution is 6.02. The summed E-state index contributed by atoms with van der Waals surface area (Å²) in [7, 11) is 0. The lowest BCUT2D eigenvalue weighted by Crippen LogP contribution is -2.21. The van der Waals surface area contributed by atoms with Crippen molar-refractivity contribution in [3.8, 4) is 5.75 Å². The van der Waals surface area contributed by atoms with Gasteiger partial charge < -0.3 is 10.4 Å². The standard InChI is InChI=1S/C18H17NO2/c1-3-5-10-15(4-2)19-18(21)16-11-13-8-6-7-9-14(13)12-17(16)20/h3-12,20H,2H2,1H3,(H,19,21)/b5-3-,15-10+. The fourth-order valence-electron chi connectivity index (χ4n) is 1.97. The van der Waals surface area contributed by atoms with Gasteiger partial charge in [-0.05, 0) is 42.0 Å². The Morgan fingerprint density at radius 1 is 1.24 bits per heavy atom. The van der Waals surface area contributed by atoms with Gasteiger partial charge in [-0.2, -0.15) is 0 Å². The number of hydrogen-bond acceptors (Lipinski definition) is 2. The van der Waals surface area contributed by atoms with Gasteiger partial charge in [0.25, 0.3) is 5.91 Å². The zero-order chi connectivity index (χ0) is 15.2. The summed E-state index contributed by atoms with van der Waals surface area (Å²) in [5.74, 6) is -0.408. The Hall–Kier alpha value is -2.81. The summed E-state index contributed by atoms with van der Waals surface area (Å²) in [6.45, 7) is 5.54. The molecule has 0 saturated heterocycles. The van der Waals surface area contributed by atoms with Gasteiger partial charge in [0.2, 0.25) is 0 Å². The molecule has 2 aromatic rings. The molecule has 3 nitrogen and oxygen atoms in total. The maximum absolute atomic E-state index is 12.3. The van der Waals surface area contributed by atoms with Crippen molar-refractivity contribution in [2.75, 3.05) is 0 Å². The molecule has 0 spiro atoms. The number of phenols is 1. The summed E-state index contributed by atoms with van der Waals surface area (Å²) < 4.78 is 0. The number of rotatable bonds is 4. The molecule has 0 unspecified atom stereocenters. The van der Waals surface area contributed by atoms with Crippen LogP contribution in [-0.4, -0.2) is 11.0 Å². The molecule has 2 N–H and O–H groups in total. The number of amides is 1. The van der Waals surface area contributed by atoms with Crippen LogP contribution < -0.4 is 5.32 Å². The Labute approximate surface area is 123 Å². The van der Waals surface area contributed by atoms with Crippen molar-refractivity contribution >= 4 is 16.7 Å². The number of hydrogen-bond donors (Lipinski definition) is 2. The topological polar surface area (TPSA) is 49.3 Å². The Balaban J connectivity index is 2.34. The molecule has 0 aliphatic carbocycles. The highest BCUT2D eigenvalue weighted by Crippen LogP contribution is 2.25. The zero-order valence-electron chi connectivity index (χ0n) is 11.8. The van der Waals surface area contributed by atoms with E-state index in [1.54, 1.807) is 30.4 Å². The van der Waals surface area contributed by atoms with Crippen LogP contribution in [0, 0.1) is 0 Å². The fourth-order valence-corrected chi connectivity index (χ4v) is 1.97. The van der Waals surface area contributed by atoms with Gasteiger partial charge in [-0.15, -0.1) is 0 Å². The number of carbonyl (C=O) groups excluding carboxylic acids is 1. The third kappa shape index (κ3) is 3.39. The monoisotopic (exact) mass is 279 g/mol. The van der Waals surface area contributed by atoms with Crippen LogP contribution in [0.5, 0.6) is 5.75 Å². The van der Waals surface area contributed by atoms with Gasteiger partial charge in [0.15, 0.2) is 0 Å². The van der Waals surface area contributed by atoms with Crippen molar-refractivity contribution in [1.82, 2.24) is 5.32 Å². The second-order valence-electron chi connectivity index (χ2n) is 4.52. The second kappa shape index (κ2) is 6.57. The van der Waals surface area contributed by atoms with Crippen LogP contribution in [0.3, 0.4) is 0 Å².